The summed E-state index contributed by atoms with van der Waals surface area (Å²) in [6, 6.07) is 9.56. The summed E-state index contributed by atoms with van der Waals surface area (Å²) in [6.07, 6.45) is 6.62. The molecule has 0 saturated carbocycles. The molecule has 0 spiro atoms. The minimum absolute atomic E-state index is 0.0161. The van der Waals surface area contributed by atoms with Crippen LogP contribution >= 0.6 is 0 Å². The van der Waals surface area contributed by atoms with E-state index in [1.807, 2.05) is 39.9 Å². The zero-order chi connectivity index (χ0) is 19.3. The summed E-state index contributed by atoms with van der Waals surface area (Å²) in [7, 11) is 0. The zero-order valence-corrected chi connectivity index (χ0v) is 16.1. The Morgan fingerprint density at radius 3 is 2.68 bits per heavy atom. The smallest absolute Gasteiger partial charge is 0.227 e. The summed E-state index contributed by atoms with van der Waals surface area (Å²) < 4.78 is 1.87. The Bertz CT molecular complexity index is 811. The number of likely N-dealkylation sites (tertiary alicyclic amines) is 1. The third-order valence-corrected chi connectivity index (χ3v) is 5.92. The molecule has 2 aliphatic rings. The van der Waals surface area contributed by atoms with Gasteiger partial charge in [0.15, 0.2) is 0 Å². The maximum atomic E-state index is 12.9. The molecule has 7 nitrogen and oxygen atoms in total. The van der Waals surface area contributed by atoms with E-state index in [1.54, 1.807) is 6.33 Å². The summed E-state index contributed by atoms with van der Waals surface area (Å²) in [6.45, 7) is 2.24. The maximum absolute atomic E-state index is 12.9. The second kappa shape index (κ2) is 8.54. The quantitative estimate of drug-likeness (QED) is 0.863. The van der Waals surface area contributed by atoms with Crippen LogP contribution in [0.5, 0.6) is 0 Å². The normalized spacial score (nSPS) is 19.9. The molecule has 2 aromatic rings. The Morgan fingerprint density at radius 1 is 1.11 bits per heavy atom. The number of piperidine rings is 1. The van der Waals surface area contributed by atoms with Gasteiger partial charge in [-0.3, -0.25) is 9.59 Å². The van der Waals surface area contributed by atoms with Gasteiger partial charge in [0.1, 0.15) is 12.2 Å². The Kier molecular flexibility index (Phi) is 5.69. The molecule has 28 heavy (non-hydrogen) atoms. The van der Waals surface area contributed by atoms with Gasteiger partial charge in [-0.1, -0.05) is 18.2 Å². The number of benzene rings is 1. The second-order valence-corrected chi connectivity index (χ2v) is 7.82. The van der Waals surface area contributed by atoms with Crippen molar-refractivity contribution < 1.29 is 9.59 Å². The minimum Gasteiger partial charge on any atom is -0.342 e. The molecular formula is C21H27N5O2. The predicted octanol–water partition coefficient (Wildman–Crippen LogP) is 2.50. The summed E-state index contributed by atoms with van der Waals surface area (Å²) in [5.74, 6) is 1.83. The van der Waals surface area contributed by atoms with Crippen molar-refractivity contribution in [3.63, 3.8) is 0 Å². The van der Waals surface area contributed by atoms with Gasteiger partial charge in [0.25, 0.3) is 0 Å². The van der Waals surface area contributed by atoms with Crippen molar-refractivity contribution in [1.82, 2.24) is 19.7 Å². The molecule has 0 aliphatic carbocycles. The molecule has 2 amide bonds. The van der Waals surface area contributed by atoms with Crippen molar-refractivity contribution in [3.05, 3.63) is 42.5 Å². The number of aryl methyl sites for hydroxylation is 1. The fourth-order valence-electron chi connectivity index (χ4n) is 4.22. The zero-order valence-electron chi connectivity index (χ0n) is 16.1. The number of hydrogen-bond acceptors (Lipinski definition) is 4. The number of carbonyl (C=O) groups is 2. The lowest BCUT2D eigenvalue weighted by atomic mass is 9.90. The monoisotopic (exact) mass is 381 g/mol. The van der Waals surface area contributed by atoms with Gasteiger partial charge in [-0.25, -0.2) is 9.67 Å². The number of rotatable bonds is 5. The molecule has 2 aliphatic heterocycles. The number of amides is 2. The molecule has 1 atom stereocenters. The summed E-state index contributed by atoms with van der Waals surface area (Å²) in [5, 5.41) is 7.15. The van der Waals surface area contributed by atoms with Crippen LogP contribution in [0.4, 0.5) is 5.69 Å². The highest BCUT2D eigenvalue weighted by Gasteiger charge is 2.31. The van der Waals surface area contributed by atoms with E-state index >= 15 is 0 Å². The second-order valence-electron chi connectivity index (χ2n) is 7.82. The first-order valence-corrected chi connectivity index (χ1v) is 10.2. The lowest BCUT2D eigenvalue weighted by molar-refractivity contribution is -0.138. The Morgan fingerprint density at radius 2 is 1.89 bits per heavy atom. The highest BCUT2D eigenvalue weighted by Crippen LogP contribution is 2.26. The van der Waals surface area contributed by atoms with Crippen molar-refractivity contribution >= 4 is 17.5 Å². The van der Waals surface area contributed by atoms with Crippen molar-refractivity contribution in [1.29, 1.82) is 0 Å². The van der Waals surface area contributed by atoms with Crippen molar-refractivity contribution in [2.24, 2.45) is 11.8 Å². The third kappa shape index (κ3) is 4.40. The molecule has 4 rings (SSSR count). The molecule has 1 aromatic carbocycles. The van der Waals surface area contributed by atoms with Crippen LogP contribution in [0.2, 0.25) is 0 Å². The van der Waals surface area contributed by atoms with Gasteiger partial charge in [0.05, 0.1) is 12.5 Å². The van der Waals surface area contributed by atoms with E-state index in [4.69, 9.17) is 0 Å². The number of nitrogens with zero attached hydrogens (tertiary/aromatic N) is 4. The largest absolute Gasteiger partial charge is 0.342 e. The predicted molar refractivity (Wildman–Crippen MR) is 105 cm³/mol. The van der Waals surface area contributed by atoms with Crippen LogP contribution in [-0.4, -0.2) is 44.6 Å². The molecule has 1 N–H and O–H groups in total. The summed E-state index contributed by atoms with van der Waals surface area (Å²) >= 11 is 0. The van der Waals surface area contributed by atoms with Crippen molar-refractivity contribution in [2.75, 3.05) is 18.4 Å². The van der Waals surface area contributed by atoms with E-state index in [0.717, 1.165) is 56.7 Å². The van der Waals surface area contributed by atoms with Crippen molar-refractivity contribution in [3.8, 4) is 0 Å². The van der Waals surface area contributed by atoms with Crippen molar-refractivity contribution in [2.45, 2.75) is 45.1 Å². The van der Waals surface area contributed by atoms with Gasteiger partial charge in [-0.2, -0.15) is 5.10 Å². The standard InChI is InChI=1S/C21H27N5O2/c27-20(24-18-4-2-1-3-5-18)9-6-16-10-12-25(13-11-16)21(28)17-7-8-19-22-15-23-26(19)14-17/h1-5,15-17H,6-14H2,(H,24,27). The minimum atomic E-state index is 0.0161. The number of hydrogen-bond donors (Lipinski definition) is 1. The lowest BCUT2D eigenvalue weighted by Crippen LogP contribution is -2.44. The average molecular weight is 381 g/mol. The van der Waals surface area contributed by atoms with Crippen LogP contribution in [-0.2, 0) is 22.6 Å². The van der Waals surface area contributed by atoms with Crippen LogP contribution < -0.4 is 5.32 Å². The molecule has 1 fully saturated rings. The first-order valence-electron chi connectivity index (χ1n) is 10.2. The molecule has 1 unspecified atom stereocenters. The van der Waals surface area contributed by atoms with Crippen LogP contribution in [0.25, 0.3) is 0 Å². The average Bonchev–Trinajstić information content (AvgIpc) is 3.21. The molecule has 1 saturated heterocycles. The molecule has 7 heteroatoms. The Balaban J connectivity index is 1.19. The Hall–Kier alpha value is -2.70. The van der Waals surface area contributed by atoms with Gasteiger partial charge in [0, 0.05) is 31.6 Å². The molecule has 0 radical (unpaired) electrons. The maximum Gasteiger partial charge on any atom is 0.227 e. The fraction of sp³-hybridized carbons (Fsp3) is 0.524. The number of nitrogens with one attached hydrogen (secondary N) is 1. The van der Waals surface area contributed by atoms with Crippen LogP contribution in [0.1, 0.15) is 37.9 Å². The van der Waals surface area contributed by atoms with E-state index in [1.165, 1.54) is 0 Å². The van der Waals surface area contributed by atoms with E-state index in [2.05, 4.69) is 15.4 Å². The van der Waals surface area contributed by atoms with E-state index in [9.17, 15) is 9.59 Å². The van der Waals surface area contributed by atoms with Gasteiger partial charge in [-0.15, -0.1) is 0 Å². The molecule has 148 valence electrons. The number of aromatic nitrogens is 3. The highest BCUT2D eigenvalue weighted by molar-refractivity contribution is 5.90. The number of para-hydroxylation sites is 1. The highest BCUT2D eigenvalue weighted by atomic mass is 16.2. The summed E-state index contributed by atoms with van der Waals surface area (Å²) in [5.41, 5.74) is 0.843. The van der Waals surface area contributed by atoms with E-state index in [0.29, 0.717) is 18.9 Å². The third-order valence-electron chi connectivity index (χ3n) is 5.92. The Labute approximate surface area is 165 Å². The van der Waals surface area contributed by atoms with Gasteiger partial charge in [-0.05, 0) is 43.7 Å². The van der Waals surface area contributed by atoms with Gasteiger partial charge < -0.3 is 10.2 Å². The first kappa shape index (κ1) is 18.7. The molecule has 3 heterocycles. The van der Waals surface area contributed by atoms with E-state index < -0.39 is 0 Å². The first-order chi connectivity index (χ1) is 13.7. The topological polar surface area (TPSA) is 80.1 Å². The van der Waals surface area contributed by atoms with Crippen LogP contribution in [0, 0.1) is 11.8 Å². The van der Waals surface area contributed by atoms with Gasteiger partial charge in [0.2, 0.25) is 11.8 Å². The van der Waals surface area contributed by atoms with Crippen LogP contribution in [0.3, 0.4) is 0 Å². The van der Waals surface area contributed by atoms with Gasteiger partial charge >= 0.3 is 0 Å². The molecule has 1 aromatic heterocycles. The lowest BCUT2D eigenvalue weighted by Gasteiger charge is -2.35. The molecule has 0 bridgehead atoms. The number of carbonyl (C=O) groups excluding carboxylic acids is 2. The van der Waals surface area contributed by atoms with Crippen LogP contribution in [0.15, 0.2) is 36.7 Å². The molecular weight excluding hydrogens is 354 g/mol. The number of fused-ring (bicyclic) bond motifs is 1. The fourth-order valence-corrected chi connectivity index (χ4v) is 4.22. The van der Waals surface area contributed by atoms with E-state index in [-0.39, 0.29) is 17.7 Å². The SMILES string of the molecule is O=C(CCC1CCN(C(=O)C2CCc3ncnn3C2)CC1)Nc1ccccc1. The summed E-state index contributed by atoms with van der Waals surface area (Å²) in [4.78, 5) is 31.2. The number of anilines is 1.